The summed E-state index contributed by atoms with van der Waals surface area (Å²) < 4.78 is 48.4. The standard InChI is InChI=1S/C26H27F2N3O5Si/c1-34-22-8-6-5-7-18(22)19-15-30(16-35-11-12-37(2,3)4)26-24(19)23(9-10-29-26)36-25-20(27)13-17(31(32)33)14-21(25)28/h5-10,13-15H,11-12,16H2,1-4H3. The number of benzene rings is 2. The van der Waals surface area contributed by atoms with Gasteiger partial charge in [0.2, 0.25) is 0 Å². The van der Waals surface area contributed by atoms with Crippen molar-refractivity contribution in [3.8, 4) is 28.4 Å². The molecular formula is C26H27F2N3O5Si. The Morgan fingerprint density at radius 2 is 1.76 bits per heavy atom. The van der Waals surface area contributed by atoms with Crippen LogP contribution in [0.4, 0.5) is 14.5 Å². The van der Waals surface area contributed by atoms with Crippen LogP contribution in [0.1, 0.15) is 0 Å². The molecule has 0 saturated heterocycles. The molecule has 0 bridgehead atoms. The van der Waals surface area contributed by atoms with Crippen LogP contribution < -0.4 is 9.47 Å². The van der Waals surface area contributed by atoms with Gasteiger partial charge in [0, 0.05) is 38.2 Å². The summed E-state index contributed by atoms with van der Waals surface area (Å²) in [6.45, 7) is 7.61. The van der Waals surface area contributed by atoms with Gasteiger partial charge in [-0.2, -0.15) is 0 Å². The number of halogens is 2. The first-order chi connectivity index (χ1) is 17.6. The fourth-order valence-electron chi connectivity index (χ4n) is 3.84. The Bertz CT molecular complexity index is 1430. The SMILES string of the molecule is COc1ccccc1-c1cn(COCC[Si](C)(C)C)c2nccc(Oc3c(F)cc([N+](=O)[O-])cc3F)c12. The van der Waals surface area contributed by atoms with Gasteiger partial charge in [0.1, 0.15) is 23.9 Å². The van der Waals surface area contributed by atoms with Crippen LogP contribution in [0.25, 0.3) is 22.2 Å². The first kappa shape index (κ1) is 26.2. The van der Waals surface area contributed by atoms with Crippen molar-refractivity contribution in [3.63, 3.8) is 0 Å². The number of ether oxygens (including phenoxy) is 3. The summed E-state index contributed by atoms with van der Waals surface area (Å²) in [5.41, 5.74) is 1.15. The van der Waals surface area contributed by atoms with Crippen LogP contribution in [0.5, 0.6) is 17.2 Å². The molecule has 8 nitrogen and oxygen atoms in total. The minimum Gasteiger partial charge on any atom is -0.496 e. The van der Waals surface area contributed by atoms with E-state index in [4.69, 9.17) is 14.2 Å². The average molecular weight is 528 g/mol. The molecule has 0 saturated carbocycles. The molecule has 2 aromatic carbocycles. The number of nitrogens with zero attached hydrogens (tertiary/aromatic N) is 3. The molecule has 4 aromatic rings. The van der Waals surface area contributed by atoms with Crippen molar-refractivity contribution in [2.75, 3.05) is 13.7 Å². The van der Waals surface area contributed by atoms with Crippen LogP contribution in [0.15, 0.2) is 54.9 Å². The number of nitro groups is 1. The zero-order chi connectivity index (χ0) is 26.7. The second-order valence-electron chi connectivity index (χ2n) is 9.67. The highest BCUT2D eigenvalue weighted by Crippen LogP contribution is 2.42. The number of pyridine rings is 1. The molecule has 0 aliphatic carbocycles. The third-order valence-electron chi connectivity index (χ3n) is 5.75. The lowest BCUT2D eigenvalue weighted by Crippen LogP contribution is -2.22. The molecule has 0 fully saturated rings. The molecule has 4 rings (SSSR count). The van der Waals surface area contributed by atoms with Gasteiger partial charge >= 0.3 is 0 Å². The van der Waals surface area contributed by atoms with E-state index < -0.39 is 36.1 Å². The Morgan fingerprint density at radius 1 is 1.05 bits per heavy atom. The van der Waals surface area contributed by atoms with Crippen LogP contribution in [0.3, 0.4) is 0 Å². The Hall–Kier alpha value is -3.83. The number of hydrogen-bond donors (Lipinski definition) is 0. The first-order valence-electron chi connectivity index (χ1n) is 11.6. The maximum Gasteiger partial charge on any atom is 0.275 e. The number of methoxy groups -OCH3 is 1. The van der Waals surface area contributed by atoms with Gasteiger partial charge in [-0.1, -0.05) is 37.8 Å². The molecule has 37 heavy (non-hydrogen) atoms. The number of hydrogen-bond acceptors (Lipinski definition) is 6. The van der Waals surface area contributed by atoms with Gasteiger partial charge in [0.25, 0.3) is 5.69 Å². The number of para-hydroxylation sites is 1. The highest BCUT2D eigenvalue weighted by molar-refractivity contribution is 6.76. The predicted octanol–water partition coefficient (Wildman–Crippen LogP) is 7.00. The summed E-state index contributed by atoms with van der Waals surface area (Å²) in [7, 11) is 0.268. The summed E-state index contributed by atoms with van der Waals surface area (Å²) in [5, 5.41) is 11.5. The lowest BCUT2D eigenvalue weighted by Gasteiger charge is -2.15. The number of nitro benzene ring substituents is 1. The summed E-state index contributed by atoms with van der Waals surface area (Å²) >= 11 is 0. The van der Waals surface area contributed by atoms with E-state index >= 15 is 0 Å². The number of aromatic nitrogens is 2. The number of fused-ring (bicyclic) bond motifs is 1. The Morgan fingerprint density at radius 3 is 2.41 bits per heavy atom. The highest BCUT2D eigenvalue weighted by Gasteiger charge is 2.23. The smallest absolute Gasteiger partial charge is 0.275 e. The van der Waals surface area contributed by atoms with Crippen LogP contribution in [-0.2, 0) is 11.5 Å². The fraction of sp³-hybridized carbons (Fsp3) is 0.269. The van der Waals surface area contributed by atoms with Gasteiger partial charge in [0.05, 0.1) is 29.6 Å². The molecule has 0 radical (unpaired) electrons. The number of non-ortho nitro benzene ring substituents is 1. The molecule has 0 aliphatic heterocycles. The fourth-order valence-corrected chi connectivity index (χ4v) is 4.60. The molecular weight excluding hydrogens is 500 g/mol. The zero-order valence-corrected chi connectivity index (χ0v) is 22.0. The molecule has 11 heteroatoms. The highest BCUT2D eigenvalue weighted by atomic mass is 28.3. The lowest BCUT2D eigenvalue weighted by molar-refractivity contribution is -0.385. The molecule has 0 spiro atoms. The molecule has 2 heterocycles. The minimum absolute atomic E-state index is 0.124. The van der Waals surface area contributed by atoms with Gasteiger partial charge in [-0.15, -0.1) is 0 Å². The van der Waals surface area contributed by atoms with Gasteiger partial charge < -0.3 is 18.8 Å². The van der Waals surface area contributed by atoms with Crippen LogP contribution in [0.2, 0.25) is 25.7 Å². The van der Waals surface area contributed by atoms with Crippen LogP contribution in [-0.4, -0.2) is 36.3 Å². The molecule has 2 aromatic heterocycles. The van der Waals surface area contributed by atoms with E-state index in [9.17, 15) is 18.9 Å². The quantitative estimate of drug-likeness (QED) is 0.0955. The van der Waals surface area contributed by atoms with E-state index in [1.807, 2.05) is 24.4 Å². The van der Waals surface area contributed by atoms with E-state index in [-0.39, 0.29) is 12.5 Å². The number of rotatable bonds is 10. The lowest BCUT2D eigenvalue weighted by atomic mass is 10.0. The molecule has 0 unspecified atom stereocenters. The van der Waals surface area contributed by atoms with Crippen molar-refractivity contribution < 1.29 is 27.9 Å². The van der Waals surface area contributed by atoms with Crippen molar-refractivity contribution in [1.82, 2.24) is 9.55 Å². The minimum atomic E-state index is -1.28. The van der Waals surface area contributed by atoms with E-state index in [2.05, 4.69) is 24.6 Å². The average Bonchev–Trinajstić information content (AvgIpc) is 3.22. The van der Waals surface area contributed by atoms with E-state index in [1.165, 1.54) is 12.3 Å². The normalized spacial score (nSPS) is 11.6. The Balaban J connectivity index is 1.82. The molecule has 194 valence electrons. The van der Waals surface area contributed by atoms with Crippen molar-refractivity contribution >= 4 is 24.8 Å². The van der Waals surface area contributed by atoms with Crippen molar-refractivity contribution in [2.24, 2.45) is 0 Å². The van der Waals surface area contributed by atoms with Gasteiger partial charge in [-0.05, 0) is 18.2 Å². The van der Waals surface area contributed by atoms with Gasteiger partial charge in [-0.3, -0.25) is 10.1 Å². The molecule has 0 N–H and O–H groups in total. The van der Waals surface area contributed by atoms with E-state index in [0.717, 1.165) is 11.6 Å². The summed E-state index contributed by atoms with van der Waals surface area (Å²) in [6.07, 6.45) is 3.29. The summed E-state index contributed by atoms with van der Waals surface area (Å²) in [4.78, 5) is 14.6. The van der Waals surface area contributed by atoms with Gasteiger partial charge in [0.15, 0.2) is 17.4 Å². The topological polar surface area (TPSA) is 88.7 Å². The third kappa shape index (κ3) is 5.78. The van der Waals surface area contributed by atoms with E-state index in [1.54, 1.807) is 17.7 Å². The maximum absolute atomic E-state index is 14.7. The largest absolute Gasteiger partial charge is 0.496 e. The maximum atomic E-state index is 14.7. The van der Waals surface area contributed by atoms with E-state index in [0.29, 0.717) is 41.1 Å². The second-order valence-corrected chi connectivity index (χ2v) is 15.3. The Kier molecular flexibility index (Phi) is 7.55. The molecule has 0 atom stereocenters. The zero-order valence-electron chi connectivity index (χ0n) is 21.0. The summed E-state index contributed by atoms with van der Waals surface area (Å²) in [5.74, 6) is -2.42. The predicted molar refractivity (Wildman–Crippen MR) is 139 cm³/mol. The molecule has 0 aliphatic rings. The van der Waals surface area contributed by atoms with Gasteiger partial charge in [-0.25, -0.2) is 13.8 Å². The van der Waals surface area contributed by atoms with Crippen molar-refractivity contribution in [2.45, 2.75) is 32.4 Å². The monoisotopic (exact) mass is 527 g/mol. The third-order valence-corrected chi connectivity index (χ3v) is 7.45. The first-order valence-corrected chi connectivity index (χ1v) is 15.3. The van der Waals surface area contributed by atoms with Crippen molar-refractivity contribution in [3.05, 3.63) is 76.6 Å². The second kappa shape index (κ2) is 10.6. The van der Waals surface area contributed by atoms with Crippen molar-refractivity contribution in [1.29, 1.82) is 0 Å². The van der Waals surface area contributed by atoms with Crippen LogP contribution >= 0.6 is 0 Å². The molecule has 0 amide bonds. The Labute approximate surface area is 213 Å². The van der Waals surface area contributed by atoms with Crippen LogP contribution in [0, 0.1) is 21.7 Å². The summed E-state index contributed by atoms with van der Waals surface area (Å²) in [6, 6.07) is 11.1.